The van der Waals surface area contributed by atoms with Crippen LogP contribution in [0.4, 0.5) is 4.79 Å². The average Bonchev–Trinajstić information content (AvgIpc) is 3.46. The number of aliphatic carboxylic acids is 1. The molecule has 1 aliphatic rings. The quantitative estimate of drug-likeness (QED) is 0.388. The first-order valence-electron chi connectivity index (χ1n) is 13.1. The molecule has 3 amide bonds. The summed E-state index contributed by atoms with van der Waals surface area (Å²) in [5.41, 5.74) is 1.52. The van der Waals surface area contributed by atoms with E-state index in [1.54, 1.807) is 31.2 Å². The molecule has 9 nitrogen and oxygen atoms in total. The van der Waals surface area contributed by atoms with Gasteiger partial charge in [-0.3, -0.25) is 14.4 Å². The Morgan fingerprint density at radius 3 is 2.08 bits per heavy atom. The van der Waals surface area contributed by atoms with Gasteiger partial charge in [-0.15, -0.1) is 0 Å². The lowest BCUT2D eigenvalue weighted by molar-refractivity contribution is -0.146. The molecule has 0 aliphatic heterocycles. The number of carbonyl (C=O) groups is 4. The van der Waals surface area contributed by atoms with E-state index in [0.717, 1.165) is 36.8 Å². The van der Waals surface area contributed by atoms with Gasteiger partial charge in [0.05, 0.1) is 6.42 Å². The molecule has 0 saturated heterocycles. The molecule has 2 aromatic rings. The molecule has 38 heavy (non-hydrogen) atoms. The molecule has 1 fully saturated rings. The molecule has 0 aromatic heterocycles. The Morgan fingerprint density at radius 2 is 1.50 bits per heavy atom. The number of amides is 3. The molecule has 0 radical (unpaired) electrons. The smallest absolute Gasteiger partial charge is 0.408 e. The second-order valence-corrected chi connectivity index (χ2v) is 9.83. The highest BCUT2D eigenvalue weighted by atomic mass is 16.5. The van der Waals surface area contributed by atoms with Gasteiger partial charge in [-0.1, -0.05) is 73.5 Å². The third kappa shape index (κ3) is 8.61. The van der Waals surface area contributed by atoms with Crippen molar-refractivity contribution >= 4 is 23.9 Å². The first-order valence-corrected chi connectivity index (χ1v) is 13.1. The molecule has 3 atom stereocenters. The first-order chi connectivity index (χ1) is 18.2. The lowest BCUT2D eigenvalue weighted by Crippen LogP contribution is -2.56. The standard InChI is InChI=1S/C29H37N3O6/c1-20(24-15-9-10-16-24)30-27(35)21(2)32(18-22-11-5-3-6-12-22)28(36)25(17-26(33)34)31-29(37)38-19-23-13-7-4-8-14-23/h3-8,11-14,20-21,24-25H,9-10,15-19H2,1-2H3,(H,30,35)(H,31,37)(H,33,34)/t20-,21-,25+/m1/s1. The number of carboxylic acids is 1. The molecule has 0 unspecified atom stereocenters. The molecule has 3 rings (SSSR count). The number of rotatable bonds is 12. The summed E-state index contributed by atoms with van der Waals surface area (Å²) in [6, 6.07) is 15.8. The molecular formula is C29H37N3O6. The van der Waals surface area contributed by atoms with E-state index < -0.39 is 36.5 Å². The molecule has 9 heteroatoms. The van der Waals surface area contributed by atoms with Gasteiger partial charge in [0.25, 0.3) is 0 Å². The number of hydrogen-bond donors (Lipinski definition) is 3. The van der Waals surface area contributed by atoms with Crippen LogP contribution in [0.25, 0.3) is 0 Å². The molecule has 1 aliphatic carbocycles. The second kappa shape index (κ2) is 14.2. The molecular weight excluding hydrogens is 486 g/mol. The van der Waals surface area contributed by atoms with Crippen LogP contribution >= 0.6 is 0 Å². The van der Waals surface area contributed by atoms with Gasteiger partial charge in [0.15, 0.2) is 0 Å². The van der Waals surface area contributed by atoms with Crippen molar-refractivity contribution in [2.45, 2.75) is 77.2 Å². The molecule has 0 bridgehead atoms. The van der Waals surface area contributed by atoms with Crippen molar-refractivity contribution in [2.75, 3.05) is 0 Å². The molecule has 1 saturated carbocycles. The number of ether oxygens (including phenoxy) is 1. The van der Waals surface area contributed by atoms with E-state index in [0.29, 0.717) is 5.92 Å². The summed E-state index contributed by atoms with van der Waals surface area (Å²) in [5, 5.41) is 14.9. The Kier molecular flexibility index (Phi) is 10.7. The highest BCUT2D eigenvalue weighted by Gasteiger charge is 2.35. The van der Waals surface area contributed by atoms with Gasteiger partial charge in [-0.25, -0.2) is 4.79 Å². The Morgan fingerprint density at radius 1 is 0.921 bits per heavy atom. The van der Waals surface area contributed by atoms with Crippen molar-refractivity contribution < 1.29 is 29.0 Å². The summed E-state index contributed by atoms with van der Waals surface area (Å²) in [4.78, 5) is 52.4. The van der Waals surface area contributed by atoms with Gasteiger partial charge >= 0.3 is 12.1 Å². The minimum Gasteiger partial charge on any atom is -0.481 e. The largest absolute Gasteiger partial charge is 0.481 e. The minimum absolute atomic E-state index is 0.0355. The number of nitrogens with one attached hydrogen (secondary N) is 2. The van der Waals surface area contributed by atoms with Gasteiger partial charge in [-0.2, -0.15) is 0 Å². The van der Waals surface area contributed by atoms with Crippen molar-refractivity contribution in [3.8, 4) is 0 Å². The maximum absolute atomic E-state index is 13.7. The number of alkyl carbamates (subject to hydrolysis) is 1. The first kappa shape index (κ1) is 28.7. The normalized spacial score (nSPS) is 15.6. The van der Waals surface area contributed by atoms with E-state index in [9.17, 15) is 24.3 Å². The SMILES string of the molecule is C[C@H](C(=O)N[C@H](C)C1CCCC1)N(Cc1ccccc1)C(=O)[C@H](CC(=O)O)NC(=O)OCc1ccccc1. The van der Waals surface area contributed by atoms with E-state index in [2.05, 4.69) is 10.6 Å². The van der Waals surface area contributed by atoms with Crippen molar-refractivity contribution in [1.82, 2.24) is 15.5 Å². The second-order valence-electron chi connectivity index (χ2n) is 9.83. The molecule has 204 valence electrons. The highest BCUT2D eigenvalue weighted by Crippen LogP contribution is 2.27. The Bertz CT molecular complexity index is 1070. The van der Waals surface area contributed by atoms with Crippen molar-refractivity contribution in [3.05, 3.63) is 71.8 Å². The summed E-state index contributed by atoms with van der Waals surface area (Å²) in [7, 11) is 0. The van der Waals surface area contributed by atoms with Crippen LogP contribution in [0.3, 0.4) is 0 Å². The third-order valence-corrected chi connectivity index (χ3v) is 6.98. The predicted octanol–water partition coefficient (Wildman–Crippen LogP) is 3.87. The minimum atomic E-state index is -1.41. The van der Waals surface area contributed by atoms with Crippen LogP contribution in [0, 0.1) is 5.92 Å². The van der Waals surface area contributed by atoms with Gasteiger partial charge in [0.2, 0.25) is 11.8 Å². The van der Waals surface area contributed by atoms with Crippen molar-refractivity contribution in [3.63, 3.8) is 0 Å². The topological polar surface area (TPSA) is 125 Å². The molecule has 3 N–H and O–H groups in total. The Labute approximate surface area is 223 Å². The van der Waals surface area contributed by atoms with Crippen LogP contribution in [0.1, 0.15) is 57.1 Å². The van der Waals surface area contributed by atoms with E-state index in [-0.39, 0.29) is 25.1 Å². The van der Waals surface area contributed by atoms with Crippen LogP contribution < -0.4 is 10.6 Å². The zero-order chi connectivity index (χ0) is 27.5. The monoisotopic (exact) mass is 523 g/mol. The maximum Gasteiger partial charge on any atom is 0.408 e. The zero-order valence-corrected chi connectivity index (χ0v) is 22.0. The van der Waals surface area contributed by atoms with Gasteiger partial charge in [-0.05, 0) is 43.7 Å². The lowest BCUT2D eigenvalue weighted by Gasteiger charge is -2.33. The number of benzene rings is 2. The summed E-state index contributed by atoms with van der Waals surface area (Å²) in [6.07, 6.45) is 2.82. The molecule has 0 heterocycles. The van der Waals surface area contributed by atoms with E-state index in [1.165, 1.54) is 4.90 Å². The van der Waals surface area contributed by atoms with Crippen LogP contribution in [0.15, 0.2) is 60.7 Å². The molecule has 2 aromatic carbocycles. The fourth-order valence-electron chi connectivity index (χ4n) is 4.73. The van der Waals surface area contributed by atoms with Crippen LogP contribution in [-0.2, 0) is 32.3 Å². The number of nitrogens with zero attached hydrogens (tertiary/aromatic N) is 1. The average molecular weight is 524 g/mol. The molecule has 0 spiro atoms. The summed E-state index contributed by atoms with van der Waals surface area (Å²) >= 11 is 0. The van der Waals surface area contributed by atoms with Gasteiger partial charge in [0.1, 0.15) is 18.7 Å². The summed E-state index contributed by atoms with van der Waals surface area (Å²) in [5.74, 6) is -1.87. The predicted molar refractivity (Wildman–Crippen MR) is 142 cm³/mol. The number of hydrogen-bond acceptors (Lipinski definition) is 5. The third-order valence-electron chi connectivity index (χ3n) is 6.98. The summed E-state index contributed by atoms with van der Waals surface area (Å²) in [6.45, 7) is 3.62. The number of carboxylic acid groups (broad SMARTS) is 1. The van der Waals surface area contributed by atoms with Crippen LogP contribution in [0.2, 0.25) is 0 Å². The van der Waals surface area contributed by atoms with E-state index in [1.807, 2.05) is 43.3 Å². The summed E-state index contributed by atoms with van der Waals surface area (Å²) < 4.78 is 5.21. The van der Waals surface area contributed by atoms with Gasteiger partial charge < -0.3 is 25.4 Å². The van der Waals surface area contributed by atoms with E-state index in [4.69, 9.17) is 4.74 Å². The van der Waals surface area contributed by atoms with Crippen molar-refractivity contribution in [1.29, 1.82) is 0 Å². The van der Waals surface area contributed by atoms with Crippen LogP contribution in [-0.4, -0.2) is 52.0 Å². The fraction of sp³-hybridized carbons (Fsp3) is 0.448. The Hall–Kier alpha value is -3.88. The highest BCUT2D eigenvalue weighted by molar-refractivity contribution is 5.93. The fourth-order valence-corrected chi connectivity index (χ4v) is 4.73. The van der Waals surface area contributed by atoms with Gasteiger partial charge in [0, 0.05) is 12.6 Å². The van der Waals surface area contributed by atoms with E-state index >= 15 is 0 Å². The maximum atomic E-state index is 13.7. The lowest BCUT2D eigenvalue weighted by atomic mass is 9.99. The number of carbonyl (C=O) groups excluding carboxylic acids is 3. The van der Waals surface area contributed by atoms with Crippen molar-refractivity contribution in [2.24, 2.45) is 5.92 Å². The Balaban J connectivity index is 1.75. The zero-order valence-electron chi connectivity index (χ0n) is 22.0. The van der Waals surface area contributed by atoms with Crippen LogP contribution in [0.5, 0.6) is 0 Å².